The highest BCUT2D eigenvalue weighted by Gasteiger charge is 2.43. The van der Waals surface area contributed by atoms with Crippen molar-refractivity contribution in [2.24, 2.45) is 32.6 Å². The van der Waals surface area contributed by atoms with E-state index in [1.165, 1.54) is 57.1 Å². The SMILES string of the molecule is C.CC(N)CCCCNP(=O)(OCc1ccc([N+](=O)[O-])o1)N(CCCl)CCCl.CC(N)CCCCNP(=O)(OCc1ccc([N+](=O)[O-])o1)N(CCCl)CCCl.CCCN(CCBr)P(=O)(OCc1ccc([N+](=O)[O-])n1C)N(CCBr)CCBr.CCCN(CCCl)P(=O)(OCc1ccc([N+](=O)[O-])n1C)N(CCCl)CCCl.CCCN(CCCl)P(=O)(OCc1ncc([N+](=O)[O-])n1C)N(CCCl)CCCl. The number of hydrogen-bond acceptors (Lipinski definition) is 25. The van der Waals surface area contributed by atoms with Crippen LogP contribution in [0.15, 0.2) is 63.6 Å². The van der Waals surface area contributed by atoms with Crippen molar-refractivity contribution in [2.45, 2.75) is 145 Å². The molecule has 61 heteroatoms. The van der Waals surface area contributed by atoms with Gasteiger partial charge < -0.3 is 50.6 Å². The van der Waals surface area contributed by atoms with Gasteiger partial charge in [0, 0.05) is 217 Å². The summed E-state index contributed by atoms with van der Waals surface area (Å²) in [7, 11) is -12.5. The summed E-state index contributed by atoms with van der Waals surface area (Å²) >= 11 is 68.9. The number of furan rings is 2. The van der Waals surface area contributed by atoms with Crippen LogP contribution >= 0.6 is 202 Å². The Balaban J connectivity index is 0.00000167. The fourth-order valence-electron chi connectivity index (χ4n) is 12.4. The largest absolute Gasteiger partial charge is 0.433 e. The number of nitrogens with two attached hydrogens (primary N) is 2. The number of halogens is 13. The lowest BCUT2D eigenvalue weighted by Crippen LogP contribution is -2.37. The first kappa shape index (κ1) is 134. The molecule has 136 heavy (non-hydrogen) atoms. The topological polar surface area (TPSA) is 503 Å². The molecule has 7 unspecified atom stereocenters. The molecule has 0 aliphatic carbocycles. The quantitative estimate of drug-likeness (QED) is 0.00923. The summed E-state index contributed by atoms with van der Waals surface area (Å²) in [6.45, 7) is 16.9. The van der Waals surface area contributed by atoms with Gasteiger partial charge in [-0.2, -0.15) is 0 Å². The first-order chi connectivity index (χ1) is 64.2. The lowest BCUT2D eigenvalue weighted by Gasteiger charge is -2.37. The molecule has 5 rings (SSSR count). The third kappa shape index (κ3) is 47.3. The van der Waals surface area contributed by atoms with Crippen LogP contribution in [0.5, 0.6) is 0 Å². The molecule has 43 nitrogen and oxygen atoms in total. The lowest BCUT2D eigenvalue weighted by molar-refractivity contribution is -0.402. The highest BCUT2D eigenvalue weighted by molar-refractivity contribution is 9.09. The van der Waals surface area contributed by atoms with Crippen LogP contribution in [0, 0.1) is 50.6 Å². The third-order valence-electron chi connectivity index (χ3n) is 19.1. The molecule has 0 saturated heterocycles. The lowest BCUT2D eigenvalue weighted by atomic mass is 10.1. The van der Waals surface area contributed by atoms with E-state index in [2.05, 4.69) is 62.9 Å². The molecule has 0 amide bonds. The van der Waals surface area contributed by atoms with Crippen molar-refractivity contribution in [2.75, 3.05) is 193 Å². The molecule has 0 fully saturated rings. The van der Waals surface area contributed by atoms with E-state index in [1.54, 1.807) is 54.3 Å². The molecular weight excluding hydrogens is 2300 g/mol. The van der Waals surface area contributed by atoms with Crippen LogP contribution < -0.4 is 21.6 Å². The molecule has 6 N–H and O–H groups in total. The summed E-state index contributed by atoms with van der Waals surface area (Å²) in [5.41, 5.74) is 12.6. The number of rotatable bonds is 72. The van der Waals surface area contributed by atoms with E-state index in [0.717, 1.165) is 64.0 Å². The van der Waals surface area contributed by atoms with Crippen molar-refractivity contribution in [1.29, 1.82) is 0 Å². The Kier molecular flexibility index (Phi) is 73.9. The molecule has 788 valence electrons. The number of nitro groups is 5. The summed E-state index contributed by atoms with van der Waals surface area (Å²) in [6, 6.07) is 11.6. The smallest absolute Gasteiger partial charge is 0.403 e. The molecule has 5 aromatic rings. The van der Waals surface area contributed by atoms with E-state index in [1.807, 2.05) is 44.0 Å². The van der Waals surface area contributed by atoms with E-state index in [9.17, 15) is 73.4 Å². The molecule has 5 heterocycles. The zero-order valence-electron chi connectivity index (χ0n) is 77.1. The fraction of sp³-hybridized carbons (Fsp3) is 0.747. The molecule has 0 aliphatic heterocycles. The molecule has 7 atom stereocenters. The van der Waals surface area contributed by atoms with Gasteiger partial charge >= 0.3 is 67.6 Å². The van der Waals surface area contributed by atoms with Crippen molar-refractivity contribution in [3.05, 3.63) is 134 Å². The fourth-order valence-corrected chi connectivity index (χ4v) is 29.0. The zero-order valence-corrected chi connectivity index (χ0v) is 93.8. The van der Waals surface area contributed by atoms with Gasteiger partial charge in [0.1, 0.15) is 72.0 Å². The van der Waals surface area contributed by atoms with Gasteiger partial charge in [0.15, 0.2) is 0 Å². The minimum absolute atomic E-state index is 0. The van der Waals surface area contributed by atoms with Crippen molar-refractivity contribution in [3.8, 4) is 0 Å². The number of imidazole rings is 1. The Morgan fingerprint density at radius 3 is 0.919 bits per heavy atom. The number of aromatic nitrogens is 4. The Morgan fingerprint density at radius 2 is 0.669 bits per heavy atom. The Bertz CT molecular complexity index is 3960. The molecule has 5 aromatic heterocycles. The average Bonchev–Trinajstić information content (AvgIpc) is 1.70. The molecule has 0 radical (unpaired) electrons. The molecule has 0 saturated carbocycles. The molecule has 0 spiro atoms. The molecule has 0 bridgehead atoms. The van der Waals surface area contributed by atoms with Crippen LogP contribution in [0.4, 0.5) is 29.2 Å². The number of nitrogens with zero attached hydrogens (tertiary/aromatic N) is 17. The van der Waals surface area contributed by atoms with Gasteiger partial charge in [-0.15, -0.1) is 116 Å². The Hall–Kier alpha value is -1.86. The van der Waals surface area contributed by atoms with Gasteiger partial charge in [-0.25, -0.2) is 66.2 Å². The van der Waals surface area contributed by atoms with Gasteiger partial charge in [-0.1, -0.05) is 88.8 Å². The number of alkyl halides is 13. The minimum atomic E-state index is -3.52. The average molecular weight is 2430 g/mol. The molecular formula is C75H135Br3Cl10N21O22P5. The van der Waals surface area contributed by atoms with Crippen LogP contribution in [0.1, 0.15) is 129 Å². The summed E-state index contributed by atoms with van der Waals surface area (Å²) in [6.07, 6.45) is 8.55. The van der Waals surface area contributed by atoms with Gasteiger partial charge in [-0.05, 0) is 97.8 Å². The van der Waals surface area contributed by atoms with Gasteiger partial charge in [0.05, 0.1) is 33.3 Å². The van der Waals surface area contributed by atoms with Gasteiger partial charge in [-0.3, -0.25) is 65.7 Å². The van der Waals surface area contributed by atoms with Crippen molar-refractivity contribution in [3.63, 3.8) is 0 Å². The standard InChI is InChI=1S/C15H26Br3N4O4P.C15H26Cl3N4O4P.2C15H27Cl2N4O5P.C14H25Cl3N5O4P.CH4/c2*1-3-9-20(10-6-16)27(25,21(11-7-17)12-8-18)26-13-14-4-5-15(19(14)2)22(23)24;2*1-13(18)4-2-3-9-19-27(24,20(10-7-16)11-8-17)25-12-14-5-6-15(26-14)21(22)23;1-3-7-20(8-4-15)27(25,21(9-5-16)10-6-17)26-12-13-18-11-14(19(13)2)22(23)24;/h2*4-5H,3,6-13H2,1-2H3;2*5-6,13H,2-4,7-12,18H2,1H3,(H,19,24);11H,3-10,12H2,1-2H3;1H4. The predicted molar refractivity (Wildman–Crippen MR) is 556 cm³/mol. The van der Waals surface area contributed by atoms with Crippen LogP contribution in [0.2, 0.25) is 0 Å². The van der Waals surface area contributed by atoms with E-state index in [4.69, 9.17) is 159 Å². The number of hydrogen-bond donors (Lipinski definition) is 4. The number of unbranched alkanes of at least 4 members (excludes halogenated alkanes) is 2. The van der Waals surface area contributed by atoms with Gasteiger partial charge in [0.2, 0.25) is 5.82 Å². The van der Waals surface area contributed by atoms with E-state index >= 15 is 0 Å². The van der Waals surface area contributed by atoms with Gasteiger partial charge in [0.25, 0.3) is 0 Å². The summed E-state index contributed by atoms with van der Waals surface area (Å²) < 4.78 is 125. The summed E-state index contributed by atoms with van der Waals surface area (Å²) in [5.74, 6) is 2.26. The van der Waals surface area contributed by atoms with Crippen LogP contribution in [-0.2, 0) is 99.6 Å². The third-order valence-corrected chi connectivity index (χ3v) is 34.5. The first-order valence-corrected chi connectivity index (χ1v) is 59.4. The van der Waals surface area contributed by atoms with Crippen LogP contribution in [0.25, 0.3) is 0 Å². The van der Waals surface area contributed by atoms with E-state index in [0.29, 0.717) is 157 Å². The highest BCUT2D eigenvalue weighted by atomic mass is 79.9. The Morgan fingerprint density at radius 1 is 0.390 bits per heavy atom. The second kappa shape index (κ2) is 74.9. The van der Waals surface area contributed by atoms with Crippen LogP contribution in [0.3, 0.4) is 0 Å². The summed E-state index contributed by atoms with van der Waals surface area (Å²) in [4.78, 5) is 55.7. The maximum Gasteiger partial charge on any atom is 0.433 e. The van der Waals surface area contributed by atoms with Crippen molar-refractivity contribution >= 4 is 231 Å². The van der Waals surface area contributed by atoms with E-state index in [-0.39, 0.29) is 134 Å². The maximum absolute atomic E-state index is 14.0. The predicted octanol–water partition coefficient (Wildman–Crippen LogP) is 20.8. The first-order valence-electron chi connectivity index (χ1n) is 42.9. The van der Waals surface area contributed by atoms with E-state index < -0.39 is 74.7 Å². The Labute approximate surface area is 873 Å². The second-order valence-corrected chi connectivity index (χ2v) is 46.7. The monoisotopic (exact) mass is 2420 g/mol. The van der Waals surface area contributed by atoms with Crippen molar-refractivity contribution in [1.82, 2.24) is 66.2 Å². The van der Waals surface area contributed by atoms with Crippen LogP contribution in [-0.4, -0.2) is 285 Å². The zero-order chi connectivity index (χ0) is 102. The van der Waals surface area contributed by atoms with Crippen molar-refractivity contribution < 1.29 is 78.9 Å². The molecule has 0 aliphatic rings. The maximum atomic E-state index is 14.0. The minimum Gasteiger partial charge on any atom is -0.403 e. The normalized spacial score (nSPS) is 14.3. The molecule has 0 aromatic carbocycles. The highest BCUT2D eigenvalue weighted by Crippen LogP contribution is 2.58. The second-order valence-electron chi connectivity index (χ2n) is 29.1. The number of nitrogens with one attached hydrogen (secondary N) is 2. The summed E-state index contributed by atoms with van der Waals surface area (Å²) in [5, 5.41) is 62.4.